The number of rotatable bonds is 10. The van der Waals surface area contributed by atoms with Gasteiger partial charge in [-0.05, 0) is 56.7 Å². The van der Waals surface area contributed by atoms with Crippen molar-refractivity contribution < 1.29 is 81.4 Å². The van der Waals surface area contributed by atoms with Crippen molar-refractivity contribution in [2.75, 3.05) is 11.9 Å². The Morgan fingerprint density at radius 1 is 0.824 bits per heavy atom. The van der Waals surface area contributed by atoms with Crippen molar-refractivity contribution >= 4 is 27.9 Å². The van der Waals surface area contributed by atoms with Crippen LogP contribution >= 0.6 is 15.9 Å². The minimum atomic E-state index is -0.875. The molecule has 2 rings (SSSR count). The summed E-state index contributed by atoms with van der Waals surface area (Å²) in [6.07, 6.45) is 9.87. The molecule has 186 valence electrons. The Morgan fingerprint density at radius 2 is 1.29 bits per heavy atom. The van der Waals surface area contributed by atoms with Gasteiger partial charge < -0.3 is 20.4 Å². The average Bonchev–Trinajstić information content (AvgIpc) is 2.78. The number of hydrogen-bond acceptors (Lipinski definition) is 5. The molecule has 8 heteroatoms. The van der Waals surface area contributed by atoms with Gasteiger partial charge in [0.05, 0.1) is 17.7 Å². The molecule has 0 aromatic heterocycles. The van der Waals surface area contributed by atoms with Crippen LogP contribution in [0.3, 0.4) is 0 Å². The molecule has 0 aliphatic rings. The van der Waals surface area contributed by atoms with E-state index < -0.39 is 5.97 Å². The van der Waals surface area contributed by atoms with E-state index in [2.05, 4.69) is 22.9 Å². The van der Waals surface area contributed by atoms with E-state index >= 15 is 0 Å². The van der Waals surface area contributed by atoms with Crippen LogP contribution in [0.2, 0.25) is 0 Å². The fraction of sp³-hybridized carbons (Fsp3) is 0.462. The number of carboxylic acid groups (broad SMARTS) is 1. The van der Waals surface area contributed by atoms with Crippen LogP contribution in [0.15, 0.2) is 48.5 Å². The Morgan fingerprint density at radius 3 is 1.74 bits per heavy atom. The van der Waals surface area contributed by atoms with Crippen molar-refractivity contribution in [3.05, 3.63) is 65.2 Å². The summed E-state index contributed by atoms with van der Waals surface area (Å²) in [5, 5.41) is 18.6. The molecule has 0 heterocycles. The van der Waals surface area contributed by atoms with E-state index in [1.165, 1.54) is 74.5 Å². The van der Waals surface area contributed by atoms with Gasteiger partial charge in [0.25, 0.3) is 0 Å². The summed E-state index contributed by atoms with van der Waals surface area (Å²) in [7, 11) is 0. The van der Waals surface area contributed by atoms with Crippen LogP contribution in [-0.4, -0.2) is 39.6 Å². The molecule has 0 unspecified atom stereocenters. The first-order valence-electron chi connectivity index (χ1n) is 11.2. The van der Waals surface area contributed by atoms with Crippen LogP contribution in [0.1, 0.15) is 85.1 Å². The predicted octanol–water partition coefficient (Wildman–Crippen LogP) is 4.22. The van der Waals surface area contributed by atoms with Crippen LogP contribution in [0.5, 0.6) is 5.75 Å². The van der Waals surface area contributed by atoms with E-state index in [0.717, 1.165) is 5.56 Å². The molecule has 0 amide bonds. The van der Waals surface area contributed by atoms with Crippen molar-refractivity contribution in [3.63, 3.8) is 0 Å². The Balaban J connectivity index is -0.000000415. The SMILES string of the molecule is CCCCCCCCCBr.CCOC(=O)c1ccc(O)cc1.Cc1ccc(C(=O)O)cc1.[K+].[OH-]. The fourth-order valence-corrected chi connectivity index (χ4v) is 2.96. The minimum absolute atomic E-state index is 0. The van der Waals surface area contributed by atoms with E-state index in [1.54, 1.807) is 31.2 Å². The van der Waals surface area contributed by atoms with Crippen LogP contribution in [0, 0.1) is 6.92 Å². The second kappa shape index (κ2) is 25.4. The Labute approximate surface area is 255 Å². The van der Waals surface area contributed by atoms with Gasteiger partial charge in [0.1, 0.15) is 5.75 Å². The van der Waals surface area contributed by atoms with Gasteiger partial charge in [-0.3, -0.25) is 0 Å². The van der Waals surface area contributed by atoms with Gasteiger partial charge in [0.15, 0.2) is 0 Å². The molecule has 0 spiro atoms. The van der Waals surface area contributed by atoms with E-state index in [1.807, 2.05) is 6.92 Å². The van der Waals surface area contributed by atoms with Gasteiger partial charge in [-0.2, -0.15) is 0 Å². The summed E-state index contributed by atoms with van der Waals surface area (Å²) in [5.74, 6) is -1.10. The number of aromatic carboxylic acids is 1. The molecule has 2 aromatic carbocycles. The fourth-order valence-electron chi connectivity index (χ4n) is 2.56. The summed E-state index contributed by atoms with van der Waals surface area (Å²) in [4.78, 5) is 21.4. The Bertz CT molecular complexity index is 743. The van der Waals surface area contributed by atoms with Gasteiger partial charge in [-0.25, -0.2) is 9.59 Å². The number of esters is 1. The maximum Gasteiger partial charge on any atom is 1.00 e. The van der Waals surface area contributed by atoms with Crippen LogP contribution < -0.4 is 51.4 Å². The van der Waals surface area contributed by atoms with Crippen molar-refractivity contribution in [2.24, 2.45) is 0 Å². The maximum atomic E-state index is 11.1. The normalized spacial score (nSPS) is 9.06. The van der Waals surface area contributed by atoms with Crippen LogP contribution in [-0.2, 0) is 4.74 Å². The number of aromatic hydroxyl groups is 1. The third-order valence-corrected chi connectivity index (χ3v) is 4.97. The topological polar surface area (TPSA) is 114 Å². The number of phenolic OH excluding ortho intramolecular Hbond substituents is 1. The molecule has 6 nitrogen and oxygen atoms in total. The number of halogens is 1. The number of unbranched alkanes of at least 4 members (excludes halogenated alkanes) is 6. The zero-order valence-electron chi connectivity index (χ0n) is 20.9. The number of alkyl halides is 1. The van der Waals surface area contributed by atoms with Crippen molar-refractivity contribution in [2.45, 2.75) is 65.7 Å². The molecule has 0 atom stereocenters. The first kappa shape index (κ1) is 37.8. The van der Waals surface area contributed by atoms with E-state index in [4.69, 9.17) is 14.9 Å². The van der Waals surface area contributed by atoms with Gasteiger partial charge in [0, 0.05) is 5.33 Å². The van der Waals surface area contributed by atoms with Gasteiger partial charge in [-0.1, -0.05) is 79.1 Å². The summed E-state index contributed by atoms with van der Waals surface area (Å²) >= 11 is 3.43. The molecule has 0 saturated carbocycles. The molecule has 0 fully saturated rings. The number of carbonyl (C=O) groups is 2. The predicted molar refractivity (Wildman–Crippen MR) is 136 cm³/mol. The van der Waals surface area contributed by atoms with Crippen molar-refractivity contribution in [1.82, 2.24) is 0 Å². The quantitative estimate of drug-likeness (QED) is 0.193. The summed E-state index contributed by atoms with van der Waals surface area (Å²) in [5.41, 5.74) is 1.87. The number of carboxylic acids is 1. The first-order chi connectivity index (χ1) is 15.3. The van der Waals surface area contributed by atoms with Gasteiger partial charge >= 0.3 is 63.3 Å². The molecule has 3 N–H and O–H groups in total. The first-order valence-corrected chi connectivity index (χ1v) is 12.3. The number of carbonyl (C=O) groups excluding carboxylic acids is 1. The summed E-state index contributed by atoms with van der Waals surface area (Å²) in [6.45, 7) is 6.29. The molecular weight excluding hydrogens is 527 g/mol. The van der Waals surface area contributed by atoms with Crippen LogP contribution in [0.25, 0.3) is 0 Å². The average molecular weight is 566 g/mol. The molecule has 0 saturated heterocycles. The Kier molecular flexibility index (Phi) is 28.2. The van der Waals surface area contributed by atoms with E-state index in [9.17, 15) is 9.59 Å². The molecule has 0 radical (unpaired) electrons. The zero-order chi connectivity index (χ0) is 24.2. The van der Waals surface area contributed by atoms with E-state index in [0.29, 0.717) is 17.7 Å². The standard InChI is InChI=1S/C9H19Br.C9H10O3.C8H8O2.K.H2O/c1-2-3-4-5-6-7-8-9-10;1-2-12-9(11)7-3-5-8(10)6-4-7;1-6-2-4-7(5-3-6)8(9)10;;/h2-9H2,1H3;3-6,10H,2H2,1H3;2-5H,1H3,(H,9,10);;1H2/q;;;+1;/p-1. The summed E-state index contributed by atoms with van der Waals surface area (Å²) < 4.78 is 4.75. The second-order valence-electron chi connectivity index (χ2n) is 7.25. The molecule has 0 aliphatic carbocycles. The van der Waals surface area contributed by atoms with Gasteiger partial charge in [-0.15, -0.1) is 0 Å². The molecule has 2 aromatic rings. The van der Waals surface area contributed by atoms with Crippen molar-refractivity contribution in [1.29, 1.82) is 0 Å². The monoisotopic (exact) mass is 564 g/mol. The van der Waals surface area contributed by atoms with E-state index in [-0.39, 0.29) is 68.6 Å². The Hall–Kier alpha value is -0.744. The number of ether oxygens (including phenoxy) is 1. The molecule has 0 bridgehead atoms. The largest absolute Gasteiger partial charge is 1.00 e. The second-order valence-corrected chi connectivity index (χ2v) is 8.04. The number of aryl methyl sites for hydroxylation is 1. The smallest absolute Gasteiger partial charge is 0.870 e. The van der Waals surface area contributed by atoms with Gasteiger partial charge in [0.2, 0.25) is 0 Å². The minimum Gasteiger partial charge on any atom is -0.870 e. The number of phenols is 1. The number of benzene rings is 2. The molecular formula is C26H38BrKO6. The third kappa shape index (κ3) is 20.6. The zero-order valence-corrected chi connectivity index (χ0v) is 25.6. The molecule has 34 heavy (non-hydrogen) atoms. The number of hydrogen-bond donors (Lipinski definition) is 2. The third-order valence-electron chi connectivity index (χ3n) is 4.41. The summed E-state index contributed by atoms with van der Waals surface area (Å²) in [6, 6.07) is 12.7. The van der Waals surface area contributed by atoms with Crippen LogP contribution in [0.4, 0.5) is 0 Å². The molecule has 0 aliphatic heterocycles. The van der Waals surface area contributed by atoms with Crippen molar-refractivity contribution in [3.8, 4) is 5.75 Å². The maximum absolute atomic E-state index is 11.1.